The lowest BCUT2D eigenvalue weighted by molar-refractivity contribution is 0.0523. The Kier molecular flexibility index (Phi) is 4.82. The Balaban J connectivity index is 2.14. The molecule has 1 aliphatic heterocycles. The van der Waals surface area contributed by atoms with E-state index in [1.807, 2.05) is 10.6 Å². The molecule has 0 bridgehead atoms. The van der Waals surface area contributed by atoms with Crippen LogP contribution < -0.4 is 5.43 Å². The van der Waals surface area contributed by atoms with Gasteiger partial charge < -0.3 is 14.0 Å². The molecule has 3 rings (SSSR count). The first-order valence-electron chi connectivity index (χ1n) is 7.71. The first-order chi connectivity index (χ1) is 11.1. The molecule has 1 unspecified atom stereocenters. The first kappa shape index (κ1) is 16.2. The average Bonchev–Trinajstić information content (AvgIpc) is 3.03. The molecule has 0 spiro atoms. The summed E-state index contributed by atoms with van der Waals surface area (Å²) in [7, 11) is 0. The number of pyridine rings is 1. The van der Waals surface area contributed by atoms with Crippen molar-refractivity contribution in [3.63, 3.8) is 0 Å². The van der Waals surface area contributed by atoms with Gasteiger partial charge in [-0.25, -0.2) is 4.79 Å². The Labute approximate surface area is 142 Å². The summed E-state index contributed by atoms with van der Waals surface area (Å²) < 4.78 is 13.5. The zero-order chi connectivity index (χ0) is 16.4. The molecule has 5 nitrogen and oxygen atoms in total. The van der Waals surface area contributed by atoms with Crippen molar-refractivity contribution < 1.29 is 14.3 Å². The number of fused-ring (bicyclic) bond motifs is 1. The minimum absolute atomic E-state index is 0.0691. The van der Waals surface area contributed by atoms with Gasteiger partial charge in [0.25, 0.3) is 0 Å². The highest BCUT2D eigenvalue weighted by atomic mass is 79.9. The fourth-order valence-electron chi connectivity index (χ4n) is 2.88. The molecule has 2 aromatic rings. The van der Waals surface area contributed by atoms with E-state index in [0.29, 0.717) is 11.9 Å². The number of nitrogens with zero attached hydrogens (tertiary/aromatic N) is 1. The zero-order valence-corrected chi connectivity index (χ0v) is 14.5. The van der Waals surface area contributed by atoms with Gasteiger partial charge in [-0.1, -0.05) is 15.9 Å². The van der Waals surface area contributed by atoms with Gasteiger partial charge >= 0.3 is 5.97 Å². The highest BCUT2D eigenvalue weighted by Gasteiger charge is 2.20. The van der Waals surface area contributed by atoms with Gasteiger partial charge in [-0.2, -0.15) is 0 Å². The van der Waals surface area contributed by atoms with E-state index in [2.05, 4.69) is 15.9 Å². The van der Waals surface area contributed by atoms with E-state index in [1.54, 1.807) is 25.3 Å². The van der Waals surface area contributed by atoms with Crippen molar-refractivity contribution in [1.29, 1.82) is 0 Å². The lowest BCUT2D eigenvalue weighted by Crippen LogP contribution is -2.23. The average molecular weight is 380 g/mol. The molecule has 1 aromatic heterocycles. The van der Waals surface area contributed by atoms with Crippen LogP contribution in [0.4, 0.5) is 0 Å². The Morgan fingerprint density at radius 3 is 3.00 bits per heavy atom. The van der Waals surface area contributed by atoms with Gasteiger partial charge in [-0.15, -0.1) is 0 Å². The predicted octanol–water partition coefficient (Wildman–Crippen LogP) is 3.12. The van der Waals surface area contributed by atoms with Gasteiger partial charge in [0.2, 0.25) is 5.43 Å². The van der Waals surface area contributed by atoms with Gasteiger partial charge in [0, 0.05) is 29.2 Å². The number of benzene rings is 1. The van der Waals surface area contributed by atoms with E-state index in [-0.39, 0.29) is 23.7 Å². The first-order valence-corrected chi connectivity index (χ1v) is 8.51. The Bertz CT molecular complexity index is 793. The molecule has 2 heterocycles. The van der Waals surface area contributed by atoms with Crippen molar-refractivity contribution in [2.45, 2.75) is 32.4 Å². The van der Waals surface area contributed by atoms with E-state index < -0.39 is 5.97 Å². The smallest absolute Gasteiger partial charge is 0.343 e. The number of esters is 1. The molecule has 0 saturated carbocycles. The number of hydrogen-bond acceptors (Lipinski definition) is 4. The molecule has 0 radical (unpaired) electrons. The third kappa shape index (κ3) is 3.33. The van der Waals surface area contributed by atoms with Crippen molar-refractivity contribution in [2.24, 2.45) is 0 Å². The maximum absolute atomic E-state index is 12.6. The molecule has 0 amide bonds. The normalized spacial score (nSPS) is 17.6. The number of carbonyl (C=O) groups excluding carboxylic acids is 1. The minimum atomic E-state index is -0.580. The summed E-state index contributed by atoms with van der Waals surface area (Å²) in [4.78, 5) is 24.7. The topological polar surface area (TPSA) is 57.5 Å². The molecule has 23 heavy (non-hydrogen) atoms. The Morgan fingerprint density at radius 2 is 2.30 bits per heavy atom. The third-order valence-corrected chi connectivity index (χ3v) is 4.46. The van der Waals surface area contributed by atoms with Crippen LogP contribution in [0.15, 0.2) is 33.7 Å². The van der Waals surface area contributed by atoms with Crippen LogP contribution in [-0.4, -0.2) is 29.9 Å². The number of ether oxygens (including phenoxy) is 2. The second kappa shape index (κ2) is 6.84. The van der Waals surface area contributed by atoms with Gasteiger partial charge in [-0.05, 0) is 38.0 Å². The lowest BCUT2D eigenvalue weighted by atomic mass is 10.1. The van der Waals surface area contributed by atoms with Crippen LogP contribution in [-0.2, 0) is 16.0 Å². The number of halogens is 1. The van der Waals surface area contributed by atoms with Crippen molar-refractivity contribution in [2.75, 3.05) is 13.2 Å². The van der Waals surface area contributed by atoms with Crippen molar-refractivity contribution in [3.05, 3.63) is 44.7 Å². The van der Waals surface area contributed by atoms with E-state index in [9.17, 15) is 9.59 Å². The largest absolute Gasteiger partial charge is 0.462 e. The van der Waals surface area contributed by atoms with E-state index >= 15 is 0 Å². The van der Waals surface area contributed by atoms with Crippen LogP contribution in [0.2, 0.25) is 0 Å². The SMILES string of the molecule is CCOC(=O)c1cn(CC2CCCO2)c2cc(Br)ccc2c1=O. The zero-order valence-electron chi connectivity index (χ0n) is 12.9. The highest BCUT2D eigenvalue weighted by Crippen LogP contribution is 2.21. The molecule has 0 N–H and O–H groups in total. The Morgan fingerprint density at radius 1 is 1.48 bits per heavy atom. The van der Waals surface area contributed by atoms with Crippen LogP contribution in [0.3, 0.4) is 0 Å². The molecule has 6 heteroatoms. The molecular weight excluding hydrogens is 362 g/mol. The summed E-state index contributed by atoms with van der Waals surface area (Å²) in [6, 6.07) is 5.42. The quantitative estimate of drug-likeness (QED) is 0.765. The van der Waals surface area contributed by atoms with Crippen LogP contribution in [0.25, 0.3) is 10.9 Å². The van der Waals surface area contributed by atoms with E-state index in [0.717, 1.165) is 29.4 Å². The summed E-state index contributed by atoms with van der Waals surface area (Å²) >= 11 is 3.44. The molecule has 1 saturated heterocycles. The van der Waals surface area contributed by atoms with Crippen molar-refractivity contribution in [3.8, 4) is 0 Å². The summed E-state index contributed by atoms with van der Waals surface area (Å²) in [6.07, 6.45) is 3.72. The van der Waals surface area contributed by atoms with E-state index in [4.69, 9.17) is 9.47 Å². The molecule has 122 valence electrons. The number of rotatable bonds is 4. The van der Waals surface area contributed by atoms with Crippen LogP contribution >= 0.6 is 15.9 Å². The Hall–Kier alpha value is -1.66. The molecule has 1 aliphatic rings. The summed E-state index contributed by atoms with van der Waals surface area (Å²) in [5.74, 6) is -0.580. The van der Waals surface area contributed by atoms with Crippen molar-refractivity contribution >= 4 is 32.8 Å². The molecule has 0 aliphatic carbocycles. The van der Waals surface area contributed by atoms with Crippen molar-refractivity contribution in [1.82, 2.24) is 4.57 Å². The summed E-state index contributed by atoms with van der Waals surface area (Å²) in [5, 5.41) is 0.511. The van der Waals surface area contributed by atoms with Crippen LogP contribution in [0.1, 0.15) is 30.1 Å². The number of aromatic nitrogens is 1. The summed E-state index contributed by atoms with van der Waals surface area (Å²) in [6.45, 7) is 3.33. The minimum Gasteiger partial charge on any atom is -0.462 e. The standard InChI is InChI=1S/C17H18BrNO4/c1-2-22-17(21)14-10-19(9-12-4-3-7-23-12)15-8-11(18)5-6-13(15)16(14)20/h5-6,8,10,12H,2-4,7,9H2,1H3. The fraction of sp³-hybridized carbons (Fsp3) is 0.412. The maximum Gasteiger partial charge on any atom is 0.343 e. The van der Waals surface area contributed by atoms with Gasteiger partial charge in [-0.3, -0.25) is 4.79 Å². The third-order valence-electron chi connectivity index (χ3n) is 3.96. The monoisotopic (exact) mass is 379 g/mol. The molecule has 1 fully saturated rings. The fourth-order valence-corrected chi connectivity index (χ4v) is 3.23. The molecular formula is C17H18BrNO4. The van der Waals surface area contributed by atoms with Gasteiger partial charge in [0.15, 0.2) is 0 Å². The molecule has 1 aromatic carbocycles. The number of hydrogen-bond donors (Lipinski definition) is 0. The van der Waals surface area contributed by atoms with Gasteiger partial charge in [0.1, 0.15) is 5.56 Å². The second-order valence-electron chi connectivity index (χ2n) is 5.54. The molecule has 1 atom stereocenters. The lowest BCUT2D eigenvalue weighted by Gasteiger charge is -2.17. The van der Waals surface area contributed by atoms with Crippen LogP contribution in [0, 0.1) is 0 Å². The predicted molar refractivity (Wildman–Crippen MR) is 90.8 cm³/mol. The summed E-state index contributed by atoms with van der Waals surface area (Å²) in [5.41, 5.74) is 0.558. The van der Waals surface area contributed by atoms with Gasteiger partial charge in [0.05, 0.1) is 18.2 Å². The highest BCUT2D eigenvalue weighted by molar-refractivity contribution is 9.10. The number of carbonyl (C=O) groups is 1. The second-order valence-corrected chi connectivity index (χ2v) is 6.46. The van der Waals surface area contributed by atoms with E-state index in [1.165, 1.54) is 0 Å². The van der Waals surface area contributed by atoms with Crippen LogP contribution in [0.5, 0.6) is 0 Å². The maximum atomic E-state index is 12.6.